The summed E-state index contributed by atoms with van der Waals surface area (Å²) in [5.41, 5.74) is 2.27. The van der Waals surface area contributed by atoms with E-state index in [9.17, 15) is 10.1 Å². The second kappa shape index (κ2) is 6.98. The number of anilines is 2. The highest BCUT2D eigenvalue weighted by molar-refractivity contribution is 5.54. The van der Waals surface area contributed by atoms with Gasteiger partial charge in [0.2, 0.25) is 0 Å². The Morgan fingerprint density at radius 2 is 2.10 bits per heavy atom. The van der Waals surface area contributed by atoms with E-state index in [2.05, 4.69) is 20.6 Å². The fourth-order valence-corrected chi connectivity index (χ4v) is 1.95. The average molecular weight is 282 g/mol. The molecule has 2 heterocycles. The standard InChI is InChI=1S/C11H18N6O3/c12-15-11-8-9(17(18)19)7-10(14-11)13-1-2-16-3-5-20-6-4-16/h7-8H,1-6,12H2,(H2,13,14,15). The smallest absolute Gasteiger partial charge is 0.276 e. The highest BCUT2D eigenvalue weighted by atomic mass is 16.6. The fourth-order valence-electron chi connectivity index (χ4n) is 1.95. The average Bonchev–Trinajstić information content (AvgIpc) is 2.48. The number of hydrogen-bond donors (Lipinski definition) is 3. The zero-order valence-electron chi connectivity index (χ0n) is 11.0. The van der Waals surface area contributed by atoms with E-state index in [0.717, 1.165) is 32.8 Å². The molecule has 20 heavy (non-hydrogen) atoms. The van der Waals surface area contributed by atoms with Crippen molar-refractivity contribution in [3.8, 4) is 0 Å². The third-order valence-electron chi connectivity index (χ3n) is 3.01. The van der Waals surface area contributed by atoms with Gasteiger partial charge in [-0.15, -0.1) is 0 Å². The summed E-state index contributed by atoms with van der Waals surface area (Å²) >= 11 is 0. The van der Waals surface area contributed by atoms with E-state index >= 15 is 0 Å². The largest absolute Gasteiger partial charge is 0.379 e. The number of nitrogens with zero attached hydrogens (tertiary/aromatic N) is 3. The van der Waals surface area contributed by atoms with Crippen LogP contribution in [-0.4, -0.2) is 54.2 Å². The van der Waals surface area contributed by atoms with Gasteiger partial charge in [-0.1, -0.05) is 0 Å². The van der Waals surface area contributed by atoms with Crippen LogP contribution < -0.4 is 16.6 Å². The van der Waals surface area contributed by atoms with Gasteiger partial charge in [0.15, 0.2) is 0 Å². The van der Waals surface area contributed by atoms with Crippen LogP contribution in [0.25, 0.3) is 0 Å². The molecule has 4 N–H and O–H groups in total. The minimum Gasteiger partial charge on any atom is -0.379 e. The Hall–Kier alpha value is -1.97. The zero-order chi connectivity index (χ0) is 14.4. The predicted octanol–water partition coefficient (Wildman–Crippen LogP) is 0.0195. The highest BCUT2D eigenvalue weighted by Gasteiger charge is 2.12. The fraction of sp³-hybridized carbons (Fsp3) is 0.545. The van der Waals surface area contributed by atoms with Crippen LogP contribution in [-0.2, 0) is 4.74 Å². The van der Waals surface area contributed by atoms with Crippen molar-refractivity contribution in [2.24, 2.45) is 5.84 Å². The van der Waals surface area contributed by atoms with E-state index in [1.54, 1.807) is 0 Å². The van der Waals surface area contributed by atoms with Crippen molar-refractivity contribution < 1.29 is 9.66 Å². The Morgan fingerprint density at radius 3 is 2.75 bits per heavy atom. The lowest BCUT2D eigenvalue weighted by molar-refractivity contribution is -0.384. The minimum absolute atomic E-state index is 0.0539. The molecule has 1 fully saturated rings. The van der Waals surface area contributed by atoms with E-state index < -0.39 is 4.92 Å². The van der Waals surface area contributed by atoms with E-state index in [4.69, 9.17) is 10.6 Å². The number of morpholine rings is 1. The number of nitrogens with two attached hydrogens (primary N) is 1. The number of pyridine rings is 1. The maximum Gasteiger partial charge on any atom is 0.276 e. The zero-order valence-corrected chi connectivity index (χ0v) is 11.0. The van der Waals surface area contributed by atoms with Crippen LogP contribution in [0.2, 0.25) is 0 Å². The normalized spacial score (nSPS) is 15.8. The van der Waals surface area contributed by atoms with Crippen LogP contribution in [0.3, 0.4) is 0 Å². The van der Waals surface area contributed by atoms with Gasteiger partial charge >= 0.3 is 0 Å². The Kier molecular flexibility index (Phi) is 5.04. The molecule has 0 aliphatic carbocycles. The lowest BCUT2D eigenvalue weighted by Gasteiger charge is -2.26. The van der Waals surface area contributed by atoms with E-state index in [1.807, 2.05) is 0 Å². The number of nitrogen functional groups attached to an aromatic ring is 1. The molecule has 0 amide bonds. The molecule has 0 unspecified atom stereocenters. The summed E-state index contributed by atoms with van der Waals surface area (Å²) in [6.45, 7) is 4.78. The first-order valence-corrected chi connectivity index (χ1v) is 6.36. The van der Waals surface area contributed by atoms with Gasteiger partial charge in [-0.25, -0.2) is 10.8 Å². The first-order valence-electron chi connectivity index (χ1n) is 6.36. The first-order chi connectivity index (χ1) is 9.69. The molecule has 0 aromatic carbocycles. The topological polar surface area (TPSA) is 119 Å². The summed E-state index contributed by atoms with van der Waals surface area (Å²) in [5, 5.41) is 13.9. The van der Waals surface area contributed by atoms with Crippen molar-refractivity contribution in [3.63, 3.8) is 0 Å². The van der Waals surface area contributed by atoms with Gasteiger partial charge in [-0.05, 0) is 0 Å². The summed E-state index contributed by atoms with van der Waals surface area (Å²) in [5.74, 6) is 5.94. The molecular weight excluding hydrogens is 264 g/mol. The molecule has 9 heteroatoms. The van der Waals surface area contributed by atoms with Crippen LogP contribution in [0.5, 0.6) is 0 Å². The maximum absolute atomic E-state index is 10.8. The number of rotatable bonds is 6. The number of hydrogen-bond acceptors (Lipinski definition) is 8. The van der Waals surface area contributed by atoms with Gasteiger partial charge in [0.25, 0.3) is 5.69 Å². The minimum atomic E-state index is -0.477. The number of aromatic nitrogens is 1. The van der Waals surface area contributed by atoms with Gasteiger partial charge < -0.3 is 15.5 Å². The van der Waals surface area contributed by atoms with E-state index in [1.165, 1.54) is 12.1 Å². The molecule has 0 radical (unpaired) electrons. The lowest BCUT2D eigenvalue weighted by Crippen LogP contribution is -2.39. The van der Waals surface area contributed by atoms with Crippen molar-refractivity contribution in [1.29, 1.82) is 0 Å². The molecule has 0 spiro atoms. The molecule has 0 atom stereocenters. The summed E-state index contributed by atoms with van der Waals surface area (Å²) in [6.07, 6.45) is 0. The van der Waals surface area contributed by atoms with Crippen LogP contribution in [0, 0.1) is 10.1 Å². The number of ether oxygens (including phenoxy) is 1. The van der Waals surface area contributed by atoms with Crippen LogP contribution in [0.4, 0.5) is 17.3 Å². The summed E-state index contributed by atoms with van der Waals surface area (Å²) in [7, 11) is 0. The molecular formula is C11H18N6O3. The Labute approximate surface area is 116 Å². The quantitative estimate of drug-likeness (QED) is 0.379. The molecule has 1 aliphatic rings. The van der Waals surface area contributed by atoms with Crippen molar-refractivity contribution >= 4 is 17.3 Å². The predicted molar refractivity (Wildman–Crippen MR) is 74.5 cm³/mol. The number of hydrazine groups is 1. The molecule has 110 valence electrons. The molecule has 0 saturated carbocycles. The van der Waals surface area contributed by atoms with E-state index in [-0.39, 0.29) is 11.5 Å². The van der Waals surface area contributed by atoms with Crippen molar-refractivity contribution in [1.82, 2.24) is 9.88 Å². The van der Waals surface area contributed by atoms with Gasteiger partial charge in [0.05, 0.1) is 30.3 Å². The number of nitrogens with one attached hydrogen (secondary N) is 2. The van der Waals surface area contributed by atoms with Crippen molar-refractivity contribution in [3.05, 3.63) is 22.2 Å². The van der Waals surface area contributed by atoms with Gasteiger partial charge in [-0.2, -0.15) is 0 Å². The van der Waals surface area contributed by atoms with Gasteiger partial charge in [-0.3, -0.25) is 15.0 Å². The first kappa shape index (κ1) is 14.4. The SMILES string of the molecule is NNc1cc([N+](=O)[O-])cc(NCCN2CCOCC2)n1. The monoisotopic (exact) mass is 282 g/mol. The summed E-state index contributed by atoms with van der Waals surface area (Å²) < 4.78 is 5.27. The van der Waals surface area contributed by atoms with Crippen molar-refractivity contribution in [2.45, 2.75) is 0 Å². The Bertz CT molecular complexity index is 463. The van der Waals surface area contributed by atoms with Crippen LogP contribution in [0.1, 0.15) is 0 Å². The van der Waals surface area contributed by atoms with Crippen LogP contribution >= 0.6 is 0 Å². The Balaban J connectivity index is 1.91. The lowest BCUT2D eigenvalue weighted by atomic mass is 10.3. The molecule has 1 aromatic heterocycles. The molecule has 9 nitrogen and oxygen atoms in total. The molecule has 1 aromatic rings. The molecule has 1 saturated heterocycles. The van der Waals surface area contributed by atoms with Crippen molar-refractivity contribution in [2.75, 3.05) is 50.1 Å². The third kappa shape index (κ3) is 4.02. The molecule has 0 bridgehead atoms. The van der Waals surface area contributed by atoms with E-state index in [0.29, 0.717) is 12.4 Å². The third-order valence-corrected chi connectivity index (χ3v) is 3.01. The Morgan fingerprint density at radius 1 is 1.40 bits per heavy atom. The summed E-state index contributed by atoms with van der Waals surface area (Å²) in [4.78, 5) is 16.7. The second-order valence-corrected chi connectivity index (χ2v) is 4.38. The van der Waals surface area contributed by atoms with Crippen LogP contribution in [0.15, 0.2) is 12.1 Å². The maximum atomic E-state index is 10.8. The number of nitro groups is 1. The molecule has 2 rings (SSSR count). The van der Waals surface area contributed by atoms with Gasteiger partial charge in [0, 0.05) is 26.2 Å². The van der Waals surface area contributed by atoms with Gasteiger partial charge in [0.1, 0.15) is 11.6 Å². The molecule has 1 aliphatic heterocycles. The second-order valence-electron chi connectivity index (χ2n) is 4.38. The highest BCUT2D eigenvalue weighted by Crippen LogP contribution is 2.19. The summed E-state index contributed by atoms with van der Waals surface area (Å²) in [6, 6.07) is 2.67.